The number of nitrogens with one attached hydrogen (secondary N) is 1. The quantitative estimate of drug-likeness (QED) is 0.412. The van der Waals surface area contributed by atoms with Gasteiger partial charge in [0.25, 0.3) is 11.9 Å². The van der Waals surface area contributed by atoms with E-state index in [0.29, 0.717) is 23.1 Å². The Balaban J connectivity index is 1.83. The Labute approximate surface area is 178 Å². The summed E-state index contributed by atoms with van der Waals surface area (Å²) in [4.78, 5) is 16.3. The van der Waals surface area contributed by atoms with Crippen LogP contribution in [-0.4, -0.2) is 34.1 Å². The molecule has 2 aromatic heterocycles. The van der Waals surface area contributed by atoms with Gasteiger partial charge >= 0.3 is 0 Å². The van der Waals surface area contributed by atoms with E-state index >= 15 is 0 Å². The number of aromatic nitrogens is 4. The van der Waals surface area contributed by atoms with Gasteiger partial charge in [-0.1, -0.05) is 36.4 Å². The second-order valence-electron chi connectivity index (χ2n) is 6.87. The number of hydrogen-bond donors (Lipinski definition) is 3. The number of nitrogens with two attached hydrogens (primary N) is 2. The fourth-order valence-electron chi connectivity index (χ4n) is 3.33. The average Bonchev–Trinajstić information content (AvgIpc) is 3.07. The van der Waals surface area contributed by atoms with E-state index in [1.807, 2.05) is 30.3 Å². The number of aryl methyl sites for hydroxylation is 1. The van der Waals surface area contributed by atoms with Gasteiger partial charge in [0.2, 0.25) is 10.0 Å². The van der Waals surface area contributed by atoms with Crippen molar-refractivity contribution in [2.24, 2.45) is 10.9 Å². The molecule has 0 aliphatic carbocycles. The van der Waals surface area contributed by atoms with E-state index in [9.17, 15) is 13.2 Å². The van der Waals surface area contributed by atoms with Crippen LogP contribution in [0.5, 0.6) is 0 Å². The number of carbonyl (C=O) groups is 1. The summed E-state index contributed by atoms with van der Waals surface area (Å²) in [5.74, 6) is -0.447. The highest BCUT2D eigenvalue weighted by Crippen LogP contribution is 2.28. The Morgan fingerprint density at radius 2 is 1.84 bits per heavy atom. The lowest BCUT2D eigenvalue weighted by Crippen LogP contribution is -2.20. The van der Waals surface area contributed by atoms with Gasteiger partial charge in [0.05, 0.1) is 10.4 Å². The third-order valence-electron chi connectivity index (χ3n) is 4.71. The van der Waals surface area contributed by atoms with Gasteiger partial charge in [-0.3, -0.25) is 9.36 Å². The smallest absolute Gasteiger partial charge is 0.273 e. The molecule has 0 unspecified atom stereocenters. The molecule has 0 aliphatic rings. The molecule has 4 aromatic rings. The minimum atomic E-state index is -3.92. The first-order valence-corrected chi connectivity index (χ1v) is 10.8. The summed E-state index contributed by atoms with van der Waals surface area (Å²) in [5.41, 5.74) is 7.50. The molecule has 31 heavy (non-hydrogen) atoms. The van der Waals surface area contributed by atoms with Crippen LogP contribution in [0.4, 0.5) is 5.82 Å². The number of primary amides is 1. The molecule has 5 N–H and O–H groups in total. The monoisotopic (exact) mass is 437 g/mol. The van der Waals surface area contributed by atoms with Gasteiger partial charge in [0.15, 0.2) is 11.5 Å². The molecular formula is C20H19N7O3S. The van der Waals surface area contributed by atoms with Crippen molar-refractivity contribution in [1.82, 2.24) is 19.7 Å². The molecule has 2 aromatic carbocycles. The predicted octanol–water partition coefficient (Wildman–Crippen LogP) is 1.48. The molecule has 0 saturated heterocycles. The summed E-state index contributed by atoms with van der Waals surface area (Å²) in [6.07, 6.45) is 0. The van der Waals surface area contributed by atoms with E-state index in [1.165, 1.54) is 6.07 Å². The first kappa shape index (κ1) is 20.4. The van der Waals surface area contributed by atoms with Crippen molar-refractivity contribution in [1.29, 1.82) is 0 Å². The number of anilines is 1. The van der Waals surface area contributed by atoms with Gasteiger partial charge in [-0.25, -0.2) is 13.6 Å². The van der Waals surface area contributed by atoms with Crippen molar-refractivity contribution in [2.75, 3.05) is 5.32 Å². The largest absolute Gasteiger partial charge is 0.364 e. The molecule has 1 amide bonds. The molecule has 2 heterocycles. The first-order chi connectivity index (χ1) is 14.8. The van der Waals surface area contributed by atoms with Crippen molar-refractivity contribution in [3.8, 4) is 5.95 Å². The van der Waals surface area contributed by atoms with Crippen LogP contribution in [0.15, 0.2) is 59.5 Å². The summed E-state index contributed by atoms with van der Waals surface area (Å²) in [7, 11) is -3.92. The van der Waals surface area contributed by atoms with Crippen LogP contribution < -0.4 is 16.2 Å². The summed E-state index contributed by atoms with van der Waals surface area (Å²) in [6.45, 7) is 2.16. The zero-order valence-electron chi connectivity index (χ0n) is 16.5. The van der Waals surface area contributed by atoms with E-state index in [2.05, 4.69) is 20.5 Å². The Bertz CT molecular complexity index is 1400. The predicted molar refractivity (Wildman–Crippen MR) is 115 cm³/mol. The van der Waals surface area contributed by atoms with Crippen molar-refractivity contribution < 1.29 is 13.2 Å². The van der Waals surface area contributed by atoms with Crippen LogP contribution in [0.25, 0.3) is 16.9 Å². The standard InChI is InChI=1S/C20H19N7O3S/c1-12-10-14-15(8-5-9-16(14)31(22,29)30)27(12)20-24-19(17(18(21)28)25-26-20)23-11-13-6-3-2-4-7-13/h2-10H,11H2,1H3,(H2,21,28)(H2,22,29,30)(H,23,24,26). The number of sulfonamides is 1. The Hall–Kier alpha value is -3.83. The maximum atomic E-state index is 12.0. The number of rotatable bonds is 6. The minimum Gasteiger partial charge on any atom is -0.364 e. The second kappa shape index (κ2) is 7.78. The molecule has 4 rings (SSSR count). The lowest BCUT2D eigenvalue weighted by atomic mass is 10.2. The fraction of sp³-hybridized carbons (Fsp3) is 0.100. The molecule has 0 radical (unpaired) electrons. The SMILES string of the molecule is Cc1cc2c(S(N)(=O)=O)cccc2n1-c1nnc(C(N)=O)c(NCc2ccccc2)n1. The van der Waals surface area contributed by atoms with Crippen molar-refractivity contribution in [2.45, 2.75) is 18.4 Å². The van der Waals surface area contributed by atoms with Crippen molar-refractivity contribution >= 4 is 32.7 Å². The molecular weight excluding hydrogens is 418 g/mol. The van der Waals surface area contributed by atoms with E-state index in [4.69, 9.17) is 10.9 Å². The van der Waals surface area contributed by atoms with E-state index in [-0.39, 0.29) is 22.4 Å². The number of nitrogens with zero attached hydrogens (tertiary/aromatic N) is 4. The summed E-state index contributed by atoms with van der Waals surface area (Å²) >= 11 is 0. The molecule has 0 saturated carbocycles. The second-order valence-corrected chi connectivity index (χ2v) is 8.40. The highest BCUT2D eigenvalue weighted by atomic mass is 32.2. The zero-order chi connectivity index (χ0) is 22.2. The van der Waals surface area contributed by atoms with Gasteiger partial charge < -0.3 is 11.1 Å². The fourth-order valence-corrected chi connectivity index (χ4v) is 4.07. The van der Waals surface area contributed by atoms with Gasteiger partial charge in [0, 0.05) is 17.6 Å². The summed E-state index contributed by atoms with van der Waals surface area (Å²) in [5, 5.41) is 16.9. The molecule has 11 heteroatoms. The van der Waals surface area contributed by atoms with E-state index in [0.717, 1.165) is 5.56 Å². The van der Waals surface area contributed by atoms with E-state index < -0.39 is 15.9 Å². The highest BCUT2D eigenvalue weighted by Gasteiger charge is 2.20. The van der Waals surface area contributed by atoms with Crippen molar-refractivity contribution in [3.05, 3.63) is 71.5 Å². The minimum absolute atomic E-state index is 0.00371. The lowest BCUT2D eigenvalue weighted by Gasteiger charge is -2.11. The van der Waals surface area contributed by atoms with Gasteiger partial charge in [-0.05, 0) is 30.7 Å². The van der Waals surface area contributed by atoms with Crippen LogP contribution in [-0.2, 0) is 16.6 Å². The van der Waals surface area contributed by atoms with Crippen LogP contribution >= 0.6 is 0 Å². The maximum Gasteiger partial charge on any atom is 0.273 e. The first-order valence-electron chi connectivity index (χ1n) is 9.22. The molecule has 0 fully saturated rings. The summed E-state index contributed by atoms with van der Waals surface area (Å²) in [6, 6.07) is 16.0. The molecule has 0 atom stereocenters. The molecule has 0 spiro atoms. The molecule has 0 aliphatic heterocycles. The number of fused-ring (bicyclic) bond motifs is 1. The van der Waals surface area contributed by atoms with Crippen LogP contribution in [0.1, 0.15) is 21.7 Å². The topological polar surface area (TPSA) is 159 Å². The van der Waals surface area contributed by atoms with E-state index in [1.54, 1.807) is 29.7 Å². The summed E-state index contributed by atoms with van der Waals surface area (Å²) < 4.78 is 25.6. The van der Waals surface area contributed by atoms with Gasteiger partial charge in [-0.2, -0.15) is 4.98 Å². The molecule has 158 valence electrons. The number of carbonyl (C=O) groups excluding carboxylic acids is 1. The Kier molecular flexibility index (Phi) is 5.13. The molecule has 0 bridgehead atoms. The molecule has 10 nitrogen and oxygen atoms in total. The third kappa shape index (κ3) is 3.96. The Morgan fingerprint density at radius 3 is 2.52 bits per heavy atom. The zero-order valence-corrected chi connectivity index (χ0v) is 17.3. The van der Waals surface area contributed by atoms with Crippen LogP contribution in [0, 0.1) is 6.92 Å². The number of amides is 1. The van der Waals surface area contributed by atoms with Crippen LogP contribution in [0.2, 0.25) is 0 Å². The normalized spacial score (nSPS) is 11.5. The number of benzene rings is 2. The number of primary sulfonamides is 1. The van der Waals surface area contributed by atoms with Gasteiger partial charge in [0.1, 0.15) is 0 Å². The van der Waals surface area contributed by atoms with Crippen LogP contribution in [0.3, 0.4) is 0 Å². The van der Waals surface area contributed by atoms with Gasteiger partial charge in [-0.15, -0.1) is 10.2 Å². The Morgan fingerprint density at radius 1 is 1.10 bits per heavy atom. The number of hydrogen-bond acceptors (Lipinski definition) is 7. The van der Waals surface area contributed by atoms with Crippen molar-refractivity contribution in [3.63, 3.8) is 0 Å². The lowest BCUT2D eigenvalue weighted by molar-refractivity contribution is 0.0995. The average molecular weight is 437 g/mol. The third-order valence-corrected chi connectivity index (χ3v) is 5.68. The maximum absolute atomic E-state index is 12.0. The highest BCUT2D eigenvalue weighted by molar-refractivity contribution is 7.89.